The minimum Gasteiger partial charge on any atom is -0.366 e. The van der Waals surface area contributed by atoms with Crippen molar-refractivity contribution in [1.82, 2.24) is 4.90 Å². The van der Waals surface area contributed by atoms with E-state index in [4.69, 9.17) is 0 Å². The standard InChI is InChI=1S/C21H20FN3OS/c1-15-5-4-6-16(13-15)14-19-20(26)23-21(27-19)25-11-9-24(10-12-25)18-8-3-2-7-17(18)22/h2-8,13-14H,9-12H2,1H3/b19-14-. The van der Waals surface area contributed by atoms with Crippen molar-refractivity contribution in [3.63, 3.8) is 0 Å². The number of aryl methyl sites for hydroxylation is 1. The highest BCUT2D eigenvalue weighted by atomic mass is 32.2. The second-order valence-electron chi connectivity index (χ2n) is 6.65. The average molecular weight is 381 g/mol. The van der Waals surface area contributed by atoms with E-state index in [2.05, 4.69) is 9.89 Å². The molecule has 2 aliphatic rings. The summed E-state index contributed by atoms with van der Waals surface area (Å²) in [6.07, 6.45) is 1.89. The number of benzene rings is 2. The van der Waals surface area contributed by atoms with Crippen molar-refractivity contribution >= 4 is 34.6 Å². The van der Waals surface area contributed by atoms with E-state index in [0.717, 1.165) is 16.3 Å². The van der Waals surface area contributed by atoms with Crippen molar-refractivity contribution in [3.05, 3.63) is 70.4 Å². The summed E-state index contributed by atoms with van der Waals surface area (Å²) in [7, 11) is 0. The van der Waals surface area contributed by atoms with E-state index in [-0.39, 0.29) is 11.7 Å². The number of carbonyl (C=O) groups excluding carboxylic acids is 1. The Morgan fingerprint density at radius 2 is 1.78 bits per heavy atom. The van der Waals surface area contributed by atoms with E-state index >= 15 is 0 Å². The summed E-state index contributed by atoms with van der Waals surface area (Å²) in [6, 6.07) is 14.9. The van der Waals surface area contributed by atoms with Crippen molar-refractivity contribution in [3.8, 4) is 0 Å². The Labute approximate surface area is 162 Å². The van der Waals surface area contributed by atoms with Crippen LogP contribution in [0.25, 0.3) is 6.08 Å². The number of piperazine rings is 1. The van der Waals surface area contributed by atoms with Gasteiger partial charge in [-0.2, -0.15) is 4.99 Å². The Morgan fingerprint density at radius 1 is 1.04 bits per heavy atom. The molecule has 2 heterocycles. The monoisotopic (exact) mass is 381 g/mol. The SMILES string of the molecule is Cc1cccc(/C=C2\SC(N3CCN(c4ccccc4F)CC3)=NC2=O)c1. The molecule has 2 aromatic carbocycles. The van der Waals surface area contributed by atoms with Crippen molar-refractivity contribution < 1.29 is 9.18 Å². The molecule has 0 N–H and O–H groups in total. The van der Waals surface area contributed by atoms with E-state index in [1.165, 1.54) is 17.8 Å². The highest BCUT2D eigenvalue weighted by Gasteiger charge is 2.29. The fourth-order valence-corrected chi connectivity index (χ4v) is 4.26. The Hall–Kier alpha value is -2.60. The minimum atomic E-state index is -0.197. The first-order valence-electron chi connectivity index (χ1n) is 8.94. The molecule has 138 valence electrons. The summed E-state index contributed by atoms with van der Waals surface area (Å²) in [5.41, 5.74) is 2.80. The van der Waals surface area contributed by atoms with Gasteiger partial charge in [-0.05, 0) is 42.5 Å². The van der Waals surface area contributed by atoms with Crippen molar-refractivity contribution in [2.24, 2.45) is 4.99 Å². The van der Waals surface area contributed by atoms with Crippen LogP contribution in [0.3, 0.4) is 0 Å². The first-order chi connectivity index (χ1) is 13.1. The number of hydrogen-bond acceptors (Lipinski definition) is 4. The molecule has 2 aliphatic heterocycles. The van der Waals surface area contributed by atoms with Crippen molar-refractivity contribution in [2.75, 3.05) is 31.1 Å². The molecule has 27 heavy (non-hydrogen) atoms. The predicted molar refractivity (Wildman–Crippen MR) is 109 cm³/mol. The quantitative estimate of drug-likeness (QED) is 0.739. The molecule has 0 spiro atoms. The second kappa shape index (κ2) is 7.56. The lowest BCUT2D eigenvalue weighted by Gasteiger charge is -2.36. The fourth-order valence-electron chi connectivity index (χ4n) is 3.29. The average Bonchev–Trinajstić information content (AvgIpc) is 3.03. The Balaban J connectivity index is 1.42. The van der Waals surface area contributed by atoms with E-state index in [0.29, 0.717) is 36.8 Å². The number of anilines is 1. The first-order valence-corrected chi connectivity index (χ1v) is 9.75. The van der Waals surface area contributed by atoms with Crippen LogP contribution in [0.2, 0.25) is 0 Å². The molecule has 0 atom stereocenters. The molecule has 0 bridgehead atoms. The first kappa shape index (κ1) is 17.8. The molecular formula is C21H20FN3OS. The number of halogens is 1. The van der Waals surface area contributed by atoms with Gasteiger partial charge >= 0.3 is 0 Å². The number of amidine groups is 1. The summed E-state index contributed by atoms with van der Waals surface area (Å²) in [6.45, 7) is 4.86. The van der Waals surface area contributed by atoms with Gasteiger partial charge in [0.15, 0.2) is 5.17 Å². The lowest BCUT2D eigenvalue weighted by Crippen LogP contribution is -2.48. The highest BCUT2D eigenvalue weighted by Crippen LogP contribution is 2.31. The third-order valence-electron chi connectivity index (χ3n) is 4.69. The van der Waals surface area contributed by atoms with Gasteiger partial charge in [0, 0.05) is 26.2 Å². The lowest BCUT2D eigenvalue weighted by atomic mass is 10.1. The Bertz CT molecular complexity index is 933. The maximum atomic E-state index is 14.0. The molecule has 2 aromatic rings. The topological polar surface area (TPSA) is 35.9 Å². The molecule has 0 unspecified atom stereocenters. The van der Waals surface area contributed by atoms with Gasteiger partial charge in [-0.1, -0.05) is 42.0 Å². The summed E-state index contributed by atoms with van der Waals surface area (Å²) < 4.78 is 14.0. The molecule has 0 saturated carbocycles. The molecule has 1 saturated heterocycles. The number of nitrogens with zero attached hydrogens (tertiary/aromatic N) is 3. The third-order valence-corrected chi connectivity index (χ3v) is 5.74. The van der Waals surface area contributed by atoms with Crippen LogP contribution in [0.5, 0.6) is 0 Å². The summed E-state index contributed by atoms with van der Waals surface area (Å²) in [5, 5.41) is 0.743. The number of aliphatic imine (C=N–C) groups is 1. The highest BCUT2D eigenvalue weighted by molar-refractivity contribution is 8.18. The number of rotatable bonds is 2. The number of hydrogen-bond donors (Lipinski definition) is 0. The zero-order chi connectivity index (χ0) is 18.8. The van der Waals surface area contributed by atoms with Crippen LogP contribution in [-0.4, -0.2) is 42.2 Å². The molecule has 0 aliphatic carbocycles. The smallest absolute Gasteiger partial charge is 0.286 e. The maximum absolute atomic E-state index is 14.0. The van der Waals surface area contributed by atoms with Gasteiger partial charge in [0.25, 0.3) is 5.91 Å². The Morgan fingerprint density at radius 3 is 2.52 bits per heavy atom. The van der Waals surface area contributed by atoms with Gasteiger partial charge < -0.3 is 9.80 Å². The Kier molecular flexibility index (Phi) is 4.99. The van der Waals surface area contributed by atoms with E-state index < -0.39 is 0 Å². The summed E-state index contributed by atoms with van der Waals surface area (Å²) in [4.78, 5) is 21.3. The van der Waals surface area contributed by atoms with Crippen molar-refractivity contribution in [2.45, 2.75) is 6.92 Å². The molecule has 1 fully saturated rings. The van der Waals surface area contributed by atoms with Crippen LogP contribution in [0.15, 0.2) is 58.4 Å². The summed E-state index contributed by atoms with van der Waals surface area (Å²) >= 11 is 1.42. The van der Waals surface area contributed by atoms with Gasteiger partial charge in [-0.3, -0.25) is 4.79 Å². The zero-order valence-corrected chi connectivity index (χ0v) is 15.9. The molecule has 0 radical (unpaired) electrons. The molecule has 4 rings (SSSR count). The van der Waals surface area contributed by atoms with Gasteiger partial charge in [-0.15, -0.1) is 0 Å². The third kappa shape index (κ3) is 3.90. The van der Waals surface area contributed by atoms with E-state index in [1.807, 2.05) is 48.2 Å². The van der Waals surface area contributed by atoms with Gasteiger partial charge in [0.1, 0.15) is 5.82 Å². The van der Waals surface area contributed by atoms with Gasteiger partial charge in [0.05, 0.1) is 10.6 Å². The van der Waals surface area contributed by atoms with Crippen LogP contribution in [0.1, 0.15) is 11.1 Å². The van der Waals surface area contributed by atoms with E-state index in [1.54, 1.807) is 12.1 Å². The summed E-state index contributed by atoms with van der Waals surface area (Å²) in [5.74, 6) is -0.384. The van der Waals surface area contributed by atoms with Crippen LogP contribution in [-0.2, 0) is 4.79 Å². The lowest BCUT2D eigenvalue weighted by molar-refractivity contribution is -0.113. The van der Waals surface area contributed by atoms with Crippen LogP contribution in [0, 0.1) is 12.7 Å². The maximum Gasteiger partial charge on any atom is 0.286 e. The molecule has 0 aromatic heterocycles. The van der Waals surface area contributed by atoms with E-state index in [9.17, 15) is 9.18 Å². The second-order valence-corrected chi connectivity index (χ2v) is 7.66. The normalized spacial score (nSPS) is 19.0. The number of amides is 1. The van der Waals surface area contributed by atoms with Gasteiger partial charge in [0.2, 0.25) is 0 Å². The molecular weight excluding hydrogens is 361 g/mol. The van der Waals surface area contributed by atoms with Crippen LogP contribution in [0.4, 0.5) is 10.1 Å². The largest absolute Gasteiger partial charge is 0.366 e. The van der Waals surface area contributed by atoms with Crippen LogP contribution >= 0.6 is 11.8 Å². The number of carbonyl (C=O) groups is 1. The zero-order valence-electron chi connectivity index (χ0n) is 15.1. The van der Waals surface area contributed by atoms with Gasteiger partial charge in [-0.25, -0.2) is 4.39 Å². The number of thioether (sulfide) groups is 1. The molecule has 1 amide bonds. The van der Waals surface area contributed by atoms with Crippen LogP contribution < -0.4 is 4.90 Å². The molecule has 4 nitrogen and oxygen atoms in total. The minimum absolute atomic E-state index is 0.187. The fraction of sp³-hybridized carbons (Fsp3) is 0.238. The molecule has 6 heteroatoms. The predicted octanol–water partition coefficient (Wildman–Crippen LogP) is 3.93. The van der Waals surface area contributed by atoms with Crippen molar-refractivity contribution in [1.29, 1.82) is 0 Å². The number of para-hydroxylation sites is 1.